The molecule has 2 aliphatic heterocycles. The van der Waals surface area contributed by atoms with E-state index in [-0.39, 0.29) is 35.4 Å². The smallest absolute Gasteiger partial charge is 0.253 e. The van der Waals surface area contributed by atoms with Crippen molar-refractivity contribution in [3.8, 4) is 0 Å². The number of halogens is 1. The van der Waals surface area contributed by atoms with Gasteiger partial charge in [0.25, 0.3) is 5.91 Å². The van der Waals surface area contributed by atoms with Crippen LogP contribution in [-0.4, -0.2) is 60.2 Å². The first-order valence-electron chi connectivity index (χ1n) is 10.6. The number of amides is 3. The maximum Gasteiger partial charge on any atom is 0.253 e. The van der Waals surface area contributed by atoms with Crippen molar-refractivity contribution < 1.29 is 18.8 Å². The van der Waals surface area contributed by atoms with E-state index in [0.29, 0.717) is 51.1 Å². The Morgan fingerprint density at radius 1 is 1.00 bits per heavy atom. The Balaban J connectivity index is 1.53. The predicted octanol–water partition coefficient (Wildman–Crippen LogP) is 2.44. The monoisotopic (exact) mass is 403 g/mol. The van der Waals surface area contributed by atoms with Gasteiger partial charge in [-0.1, -0.05) is 6.92 Å². The van der Waals surface area contributed by atoms with E-state index in [1.807, 2.05) is 11.8 Å². The molecule has 0 spiro atoms. The van der Waals surface area contributed by atoms with Crippen LogP contribution in [0.5, 0.6) is 0 Å². The Bertz CT molecular complexity index is 729. The summed E-state index contributed by atoms with van der Waals surface area (Å²) in [7, 11) is 0. The number of hydrogen-bond donors (Lipinski definition) is 1. The maximum atomic E-state index is 13.1. The highest BCUT2D eigenvalue weighted by atomic mass is 19.1. The van der Waals surface area contributed by atoms with Crippen LogP contribution in [0.15, 0.2) is 24.3 Å². The van der Waals surface area contributed by atoms with Crippen molar-refractivity contribution in [2.75, 3.05) is 32.7 Å². The summed E-state index contributed by atoms with van der Waals surface area (Å²) in [6.45, 7) is 4.90. The summed E-state index contributed by atoms with van der Waals surface area (Å²) in [5.74, 6) is -0.595. The van der Waals surface area contributed by atoms with E-state index >= 15 is 0 Å². The number of likely N-dealkylation sites (tertiary alicyclic amines) is 2. The SMILES string of the molecule is CCCNC(=O)C1CCN(C(=O)C2CCCN(C(=O)c3ccc(F)cc3)C2)CC1. The molecule has 0 aromatic heterocycles. The number of benzene rings is 1. The first kappa shape index (κ1) is 21.3. The Labute approximate surface area is 171 Å². The van der Waals surface area contributed by atoms with Crippen LogP contribution in [0.2, 0.25) is 0 Å². The highest BCUT2D eigenvalue weighted by molar-refractivity contribution is 5.94. The molecule has 158 valence electrons. The van der Waals surface area contributed by atoms with Crippen LogP contribution in [0.1, 0.15) is 49.4 Å². The molecule has 6 nitrogen and oxygen atoms in total. The number of hydrogen-bond acceptors (Lipinski definition) is 3. The largest absolute Gasteiger partial charge is 0.356 e. The summed E-state index contributed by atoms with van der Waals surface area (Å²) < 4.78 is 13.1. The third-order valence-corrected chi connectivity index (χ3v) is 5.88. The molecule has 1 aromatic rings. The minimum atomic E-state index is -0.375. The fourth-order valence-electron chi connectivity index (χ4n) is 4.15. The average Bonchev–Trinajstić information content (AvgIpc) is 2.77. The van der Waals surface area contributed by atoms with E-state index < -0.39 is 0 Å². The summed E-state index contributed by atoms with van der Waals surface area (Å²) >= 11 is 0. The molecule has 1 N–H and O–H groups in total. The van der Waals surface area contributed by atoms with Crippen molar-refractivity contribution in [3.05, 3.63) is 35.6 Å². The highest BCUT2D eigenvalue weighted by Crippen LogP contribution is 2.24. The van der Waals surface area contributed by atoms with Gasteiger partial charge in [-0.25, -0.2) is 4.39 Å². The molecule has 7 heteroatoms. The Kier molecular flexibility index (Phi) is 7.23. The van der Waals surface area contributed by atoms with Crippen molar-refractivity contribution >= 4 is 17.7 Å². The van der Waals surface area contributed by atoms with Crippen LogP contribution >= 0.6 is 0 Å². The molecule has 2 heterocycles. The lowest BCUT2D eigenvalue weighted by Crippen LogP contribution is -2.49. The summed E-state index contributed by atoms with van der Waals surface area (Å²) in [5, 5.41) is 2.94. The van der Waals surface area contributed by atoms with Gasteiger partial charge in [0.1, 0.15) is 5.82 Å². The van der Waals surface area contributed by atoms with E-state index in [2.05, 4.69) is 5.32 Å². The summed E-state index contributed by atoms with van der Waals surface area (Å²) in [6.07, 6.45) is 3.83. The van der Waals surface area contributed by atoms with E-state index in [9.17, 15) is 18.8 Å². The second-order valence-electron chi connectivity index (χ2n) is 7.99. The second kappa shape index (κ2) is 9.85. The highest BCUT2D eigenvalue weighted by Gasteiger charge is 2.34. The molecule has 0 aliphatic carbocycles. The number of carbonyl (C=O) groups excluding carboxylic acids is 3. The fourth-order valence-corrected chi connectivity index (χ4v) is 4.15. The zero-order valence-corrected chi connectivity index (χ0v) is 17.0. The molecule has 0 bridgehead atoms. The van der Waals surface area contributed by atoms with Gasteiger partial charge in [-0.15, -0.1) is 0 Å². The van der Waals surface area contributed by atoms with Gasteiger partial charge >= 0.3 is 0 Å². The number of rotatable bonds is 5. The number of nitrogens with one attached hydrogen (secondary N) is 1. The van der Waals surface area contributed by atoms with Gasteiger partial charge in [0, 0.05) is 44.2 Å². The van der Waals surface area contributed by atoms with Gasteiger partial charge in [0.2, 0.25) is 11.8 Å². The topological polar surface area (TPSA) is 69.7 Å². The average molecular weight is 403 g/mol. The van der Waals surface area contributed by atoms with Crippen LogP contribution in [0, 0.1) is 17.7 Å². The summed E-state index contributed by atoms with van der Waals surface area (Å²) in [6, 6.07) is 5.52. The quantitative estimate of drug-likeness (QED) is 0.821. The Morgan fingerprint density at radius 2 is 1.69 bits per heavy atom. The van der Waals surface area contributed by atoms with Gasteiger partial charge in [-0.2, -0.15) is 0 Å². The van der Waals surface area contributed by atoms with Gasteiger partial charge in [-0.3, -0.25) is 14.4 Å². The Hall–Kier alpha value is -2.44. The second-order valence-corrected chi connectivity index (χ2v) is 7.99. The van der Waals surface area contributed by atoms with Gasteiger partial charge in [-0.05, 0) is 56.4 Å². The van der Waals surface area contributed by atoms with Crippen molar-refractivity contribution in [2.24, 2.45) is 11.8 Å². The van der Waals surface area contributed by atoms with Crippen molar-refractivity contribution in [2.45, 2.75) is 39.0 Å². The molecule has 3 rings (SSSR count). The molecule has 3 amide bonds. The van der Waals surface area contributed by atoms with E-state index in [0.717, 1.165) is 19.3 Å². The van der Waals surface area contributed by atoms with E-state index in [4.69, 9.17) is 0 Å². The molecule has 2 fully saturated rings. The third-order valence-electron chi connectivity index (χ3n) is 5.88. The molecule has 2 saturated heterocycles. The molecular formula is C22H30FN3O3. The molecule has 0 saturated carbocycles. The molecule has 1 unspecified atom stereocenters. The molecule has 2 aliphatic rings. The third kappa shape index (κ3) is 5.34. The predicted molar refractivity (Wildman–Crippen MR) is 108 cm³/mol. The van der Waals surface area contributed by atoms with Crippen LogP contribution in [-0.2, 0) is 9.59 Å². The lowest BCUT2D eigenvalue weighted by molar-refractivity contribution is -0.140. The molecule has 29 heavy (non-hydrogen) atoms. The molecule has 1 aromatic carbocycles. The maximum absolute atomic E-state index is 13.1. The van der Waals surface area contributed by atoms with Gasteiger partial charge < -0.3 is 15.1 Å². The Morgan fingerprint density at radius 3 is 2.34 bits per heavy atom. The van der Waals surface area contributed by atoms with E-state index in [1.54, 1.807) is 4.90 Å². The van der Waals surface area contributed by atoms with E-state index in [1.165, 1.54) is 24.3 Å². The summed E-state index contributed by atoms with van der Waals surface area (Å²) in [5.41, 5.74) is 0.443. The fraction of sp³-hybridized carbons (Fsp3) is 0.591. The first-order valence-corrected chi connectivity index (χ1v) is 10.6. The molecule has 0 radical (unpaired) electrons. The normalized spacial score (nSPS) is 20.4. The van der Waals surface area contributed by atoms with Crippen molar-refractivity contribution in [1.82, 2.24) is 15.1 Å². The number of piperidine rings is 2. The van der Waals surface area contributed by atoms with Crippen LogP contribution < -0.4 is 5.32 Å². The molecule has 1 atom stereocenters. The van der Waals surface area contributed by atoms with Crippen molar-refractivity contribution in [1.29, 1.82) is 0 Å². The zero-order chi connectivity index (χ0) is 20.8. The van der Waals surface area contributed by atoms with Crippen LogP contribution in [0.25, 0.3) is 0 Å². The zero-order valence-electron chi connectivity index (χ0n) is 17.0. The van der Waals surface area contributed by atoms with Crippen LogP contribution in [0.4, 0.5) is 4.39 Å². The van der Waals surface area contributed by atoms with Gasteiger partial charge in [0.05, 0.1) is 5.92 Å². The minimum Gasteiger partial charge on any atom is -0.356 e. The molecular weight excluding hydrogens is 373 g/mol. The standard InChI is InChI=1S/C22H30FN3O3/c1-2-11-24-20(27)16-9-13-25(14-10-16)22(29)18-4-3-12-26(15-18)21(28)17-5-7-19(23)8-6-17/h5-8,16,18H,2-4,9-15H2,1H3,(H,24,27). The lowest BCUT2D eigenvalue weighted by atomic mass is 9.92. The summed E-state index contributed by atoms with van der Waals surface area (Å²) in [4.78, 5) is 41.4. The van der Waals surface area contributed by atoms with Crippen molar-refractivity contribution in [3.63, 3.8) is 0 Å². The first-order chi connectivity index (χ1) is 14.0. The number of carbonyl (C=O) groups is 3. The minimum absolute atomic E-state index is 0.0199. The van der Waals surface area contributed by atoms with Gasteiger partial charge in [0.15, 0.2) is 0 Å². The lowest BCUT2D eigenvalue weighted by Gasteiger charge is -2.37. The number of nitrogens with zero attached hydrogens (tertiary/aromatic N) is 2. The van der Waals surface area contributed by atoms with Crippen LogP contribution in [0.3, 0.4) is 0 Å².